The van der Waals surface area contributed by atoms with Crippen LogP contribution in [0.2, 0.25) is 0 Å². The van der Waals surface area contributed by atoms with Crippen LogP contribution in [0.4, 0.5) is 0 Å². The van der Waals surface area contributed by atoms with Crippen LogP contribution in [0.1, 0.15) is 122 Å². The van der Waals surface area contributed by atoms with E-state index < -0.39 is 0 Å². The van der Waals surface area contributed by atoms with Gasteiger partial charge in [0.05, 0.1) is 0 Å². The molecule has 0 spiro atoms. The highest BCUT2D eigenvalue weighted by Gasteiger charge is 2.20. The van der Waals surface area contributed by atoms with Gasteiger partial charge in [-0.1, -0.05) is 91.0 Å². The highest BCUT2D eigenvalue weighted by atomic mass is 16.3. The highest BCUT2D eigenvalue weighted by Crippen LogP contribution is 2.39. The van der Waals surface area contributed by atoms with Crippen molar-refractivity contribution in [1.29, 1.82) is 0 Å². The fourth-order valence-electron chi connectivity index (χ4n) is 10.4. The lowest BCUT2D eigenvalue weighted by molar-refractivity contribution is 0.462. The summed E-state index contributed by atoms with van der Waals surface area (Å²) in [6.07, 6.45) is 2.96. The first kappa shape index (κ1) is 52.2. The van der Waals surface area contributed by atoms with Gasteiger partial charge in [-0.3, -0.25) is 0 Å². The second-order valence-electron chi connectivity index (χ2n) is 20.3. The van der Waals surface area contributed by atoms with E-state index in [0.29, 0.717) is 72.4 Å². The Balaban J connectivity index is 0.000000214. The molecule has 7 nitrogen and oxygen atoms in total. The molecule has 8 aromatic carbocycles. The van der Waals surface area contributed by atoms with Crippen LogP contribution < -0.4 is 0 Å². The van der Waals surface area contributed by atoms with E-state index in [0.717, 1.165) is 134 Å². The van der Waals surface area contributed by atoms with Gasteiger partial charge in [-0.25, -0.2) is 0 Å². The monoisotopic (exact) mass is 963 g/mol. The first-order valence-corrected chi connectivity index (χ1v) is 24.7. The molecule has 0 saturated carbocycles. The standard InChI is InChI=1S/C35H40O4.C30H30O3/c1-18-9-26(10-19(2)32(18)36)15-30-24(7)28(13-22(5)34(30)38)17-29-14-23(6)35(39)31(25(29)8)16-27-11-20(3)33(37)21(4)12-27;1-18-10-22(11-19(2)28(18)31)14-26-16-25(24-8-6-5-7-9-24)17-27(30(26)33)15-23-12-20(3)29(32)21(4)13-23/h9-14,36-39H,15-17H2,1-8H3;5-13,16-17,31-33H,14-15H2,1-4H3. The third-order valence-corrected chi connectivity index (χ3v) is 14.5. The zero-order valence-corrected chi connectivity index (χ0v) is 44.0. The molecule has 0 atom stereocenters. The molecule has 8 rings (SSSR count). The van der Waals surface area contributed by atoms with Gasteiger partial charge in [0.15, 0.2) is 0 Å². The maximum absolute atomic E-state index is 11.3. The number of hydrogen-bond acceptors (Lipinski definition) is 7. The number of aryl methyl sites for hydroxylation is 10. The summed E-state index contributed by atoms with van der Waals surface area (Å²) in [5.41, 5.74) is 22.6. The van der Waals surface area contributed by atoms with Gasteiger partial charge in [-0.05, 0) is 224 Å². The van der Waals surface area contributed by atoms with Crippen LogP contribution in [0.3, 0.4) is 0 Å². The van der Waals surface area contributed by atoms with Crippen LogP contribution in [0.5, 0.6) is 40.2 Å². The number of hydrogen-bond donors (Lipinski definition) is 7. The summed E-state index contributed by atoms with van der Waals surface area (Å²) in [4.78, 5) is 0. The number of aromatic hydroxyl groups is 7. The third-order valence-electron chi connectivity index (χ3n) is 14.5. The van der Waals surface area contributed by atoms with Gasteiger partial charge in [0.1, 0.15) is 40.2 Å². The molecule has 372 valence electrons. The fraction of sp³-hybridized carbons (Fsp3) is 0.262. The Bertz CT molecular complexity index is 3070. The van der Waals surface area contributed by atoms with Crippen LogP contribution in [0.25, 0.3) is 11.1 Å². The molecule has 0 unspecified atom stereocenters. The smallest absolute Gasteiger partial charge is 0.122 e. The van der Waals surface area contributed by atoms with Crippen molar-refractivity contribution >= 4 is 0 Å². The van der Waals surface area contributed by atoms with Crippen molar-refractivity contribution in [2.75, 3.05) is 0 Å². The molecule has 0 aliphatic rings. The predicted molar refractivity (Wildman–Crippen MR) is 293 cm³/mol. The summed E-state index contributed by atoms with van der Waals surface area (Å²) >= 11 is 0. The summed E-state index contributed by atoms with van der Waals surface area (Å²) in [5.74, 6) is 2.20. The average molecular weight is 963 g/mol. The number of phenols is 7. The zero-order chi connectivity index (χ0) is 52.5. The molecule has 0 amide bonds. The van der Waals surface area contributed by atoms with E-state index in [1.54, 1.807) is 0 Å². The third kappa shape index (κ3) is 11.3. The molecule has 0 saturated heterocycles. The molecule has 0 aromatic heterocycles. The largest absolute Gasteiger partial charge is 0.507 e. The predicted octanol–water partition coefficient (Wildman–Crippen LogP) is 14.6. The van der Waals surface area contributed by atoms with Crippen LogP contribution >= 0.6 is 0 Å². The van der Waals surface area contributed by atoms with E-state index in [4.69, 9.17) is 0 Å². The molecule has 72 heavy (non-hydrogen) atoms. The molecule has 0 heterocycles. The van der Waals surface area contributed by atoms with Crippen LogP contribution in [0.15, 0.2) is 103 Å². The van der Waals surface area contributed by atoms with Crippen LogP contribution in [0, 0.1) is 83.1 Å². The van der Waals surface area contributed by atoms with Crippen LogP contribution in [-0.2, 0) is 32.1 Å². The molecule has 7 heteroatoms. The zero-order valence-electron chi connectivity index (χ0n) is 44.0. The number of benzene rings is 8. The second kappa shape index (κ2) is 21.4. The SMILES string of the molecule is Cc1cc(Cc2c(C)c(Cc3cc(C)c(O)c(Cc4cc(C)c(O)c(C)c4)c3C)cc(C)c2O)cc(C)c1O.Cc1cc(Cc2cc(-c3ccccc3)cc(Cc3cc(C)c(O)c(C)c3)c2O)cc(C)c1O. The maximum Gasteiger partial charge on any atom is 0.122 e. The Kier molecular flexibility index (Phi) is 15.5. The lowest BCUT2D eigenvalue weighted by Crippen LogP contribution is -2.05. The summed E-state index contributed by atoms with van der Waals surface area (Å²) < 4.78 is 0. The molecule has 0 radical (unpaired) electrons. The van der Waals surface area contributed by atoms with Gasteiger partial charge in [-0.2, -0.15) is 0 Å². The van der Waals surface area contributed by atoms with Crippen LogP contribution in [-0.4, -0.2) is 35.7 Å². The molecule has 0 aliphatic carbocycles. The molecular weight excluding hydrogens is 893 g/mol. The first-order valence-electron chi connectivity index (χ1n) is 24.7. The highest BCUT2D eigenvalue weighted by molar-refractivity contribution is 5.68. The first-order chi connectivity index (χ1) is 34.0. The quantitative estimate of drug-likeness (QED) is 0.0684. The van der Waals surface area contributed by atoms with E-state index in [9.17, 15) is 35.7 Å². The minimum absolute atomic E-state index is 0.293. The summed E-state index contributed by atoms with van der Waals surface area (Å²) in [5, 5.41) is 74.0. The van der Waals surface area contributed by atoms with E-state index in [1.807, 2.05) is 136 Å². The van der Waals surface area contributed by atoms with Gasteiger partial charge < -0.3 is 35.7 Å². The minimum Gasteiger partial charge on any atom is -0.507 e. The molecule has 8 aromatic rings. The van der Waals surface area contributed by atoms with Gasteiger partial charge in [-0.15, -0.1) is 0 Å². The van der Waals surface area contributed by atoms with Crippen molar-refractivity contribution in [3.05, 3.63) is 226 Å². The van der Waals surface area contributed by atoms with E-state index in [-0.39, 0.29) is 0 Å². The Labute approximate surface area is 426 Å². The fourth-order valence-corrected chi connectivity index (χ4v) is 10.4. The van der Waals surface area contributed by atoms with Gasteiger partial charge >= 0.3 is 0 Å². The van der Waals surface area contributed by atoms with Crippen molar-refractivity contribution in [3.63, 3.8) is 0 Å². The second-order valence-corrected chi connectivity index (χ2v) is 20.3. The topological polar surface area (TPSA) is 142 Å². The molecule has 0 fully saturated rings. The van der Waals surface area contributed by atoms with Gasteiger partial charge in [0.2, 0.25) is 0 Å². The lowest BCUT2D eigenvalue weighted by atomic mass is 9.86. The minimum atomic E-state index is 0.293. The Morgan fingerprint density at radius 3 is 0.833 bits per heavy atom. The van der Waals surface area contributed by atoms with Crippen molar-refractivity contribution in [2.45, 2.75) is 115 Å². The molecular formula is C65H70O7. The summed E-state index contributed by atoms with van der Waals surface area (Å²) in [7, 11) is 0. The normalized spacial score (nSPS) is 11.2. The van der Waals surface area contributed by atoms with Crippen molar-refractivity contribution < 1.29 is 35.7 Å². The van der Waals surface area contributed by atoms with E-state index >= 15 is 0 Å². The van der Waals surface area contributed by atoms with E-state index in [2.05, 4.69) is 50.2 Å². The average Bonchev–Trinajstić information content (AvgIpc) is 3.33. The van der Waals surface area contributed by atoms with Gasteiger partial charge in [0.25, 0.3) is 0 Å². The van der Waals surface area contributed by atoms with Crippen molar-refractivity contribution in [3.8, 4) is 51.4 Å². The van der Waals surface area contributed by atoms with Crippen molar-refractivity contribution in [2.24, 2.45) is 0 Å². The summed E-state index contributed by atoms with van der Waals surface area (Å²) in [6.45, 7) is 23.2. The Hall–Kier alpha value is -7.64. The molecule has 0 bridgehead atoms. The number of rotatable bonds is 11. The maximum atomic E-state index is 11.3. The molecule has 7 N–H and O–H groups in total. The Morgan fingerprint density at radius 2 is 0.528 bits per heavy atom. The van der Waals surface area contributed by atoms with E-state index in [1.165, 1.54) is 0 Å². The van der Waals surface area contributed by atoms with Gasteiger partial charge in [0, 0.05) is 36.8 Å². The summed E-state index contributed by atoms with van der Waals surface area (Å²) in [6, 6.07) is 34.2. The number of phenolic OH excluding ortho intramolecular Hbond substituents is 7. The Morgan fingerprint density at radius 1 is 0.250 bits per heavy atom. The van der Waals surface area contributed by atoms with Crippen molar-refractivity contribution in [1.82, 2.24) is 0 Å². The lowest BCUT2D eigenvalue weighted by Gasteiger charge is -2.20. The molecule has 0 aliphatic heterocycles.